The van der Waals surface area contributed by atoms with Crippen LogP contribution in [0.25, 0.3) is 10.8 Å². The predicted octanol–water partition coefficient (Wildman–Crippen LogP) is 2.92. The molecule has 1 unspecified atom stereocenters. The highest BCUT2D eigenvalue weighted by atomic mass is 16.5. The molecule has 0 saturated carbocycles. The minimum absolute atomic E-state index is 0.207. The van der Waals surface area contributed by atoms with Gasteiger partial charge in [-0.15, -0.1) is 0 Å². The monoisotopic (exact) mass is 244 g/mol. The third-order valence-electron chi connectivity index (χ3n) is 3.03. The Morgan fingerprint density at radius 2 is 2.11 bits per heavy atom. The van der Waals surface area contributed by atoms with Crippen molar-refractivity contribution in [3.05, 3.63) is 42.2 Å². The second-order valence-corrected chi connectivity index (χ2v) is 4.67. The number of hydrogen-bond donors (Lipinski definition) is 1. The molecule has 0 aliphatic heterocycles. The Balaban J connectivity index is 2.32. The molecule has 0 saturated heterocycles. The molecule has 0 radical (unpaired) electrons. The zero-order valence-corrected chi connectivity index (χ0v) is 11.2. The van der Waals surface area contributed by atoms with Crippen molar-refractivity contribution in [2.45, 2.75) is 26.0 Å². The molecule has 0 spiro atoms. The molecule has 96 valence electrons. The zero-order valence-electron chi connectivity index (χ0n) is 11.2. The van der Waals surface area contributed by atoms with Gasteiger partial charge in [0.05, 0.1) is 18.8 Å². The Morgan fingerprint density at radius 1 is 1.28 bits per heavy atom. The lowest BCUT2D eigenvalue weighted by atomic mass is 10.0. The van der Waals surface area contributed by atoms with Gasteiger partial charge in [0.15, 0.2) is 0 Å². The van der Waals surface area contributed by atoms with Gasteiger partial charge in [0.2, 0.25) is 0 Å². The maximum absolute atomic E-state index is 5.72. The summed E-state index contributed by atoms with van der Waals surface area (Å²) in [7, 11) is 1.97. The SMILES string of the molecule is CNC(COC(C)C)c1cccc2cnccc12. The van der Waals surface area contributed by atoms with Gasteiger partial charge in [-0.3, -0.25) is 4.98 Å². The summed E-state index contributed by atoms with van der Waals surface area (Å²) < 4.78 is 5.72. The lowest BCUT2D eigenvalue weighted by Crippen LogP contribution is -2.23. The van der Waals surface area contributed by atoms with E-state index in [-0.39, 0.29) is 12.1 Å². The third-order valence-corrected chi connectivity index (χ3v) is 3.03. The van der Waals surface area contributed by atoms with E-state index in [2.05, 4.69) is 48.4 Å². The summed E-state index contributed by atoms with van der Waals surface area (Å²) in [5, 5.41) is 5.72. The van der Waals surface area contributed by atoms with Gasteiger partial charge >= 0.3 is 0 Å². The van der Waals surface area contributed by atoms with Crippen molar-refractivity contribution in [3.63, 3.8) is 0 Å². The summed E-state index contributed by atoms with van der Waals surface area (Å²) in [6.45, 7) is 4.79. The van der Waals surface area contributed by atoms with Crippen LogP contribution in [0, 0.1) is 0 Å². The highest BCUT2D eigenvalue weighted by molar-refractivity contribution is 5.85. The molecule has 1 atom stereocenters. The molecule has 0 bridgehead atoms. The van der Waals surface area contributed by atoms with Crippen molar-refractivity contribution in [2.75, 3.05) is 13.7 Å². The summed E-state index contributed by atoms with van der Waals surface area (Å²) in [4.78, 5) is 4.16. The average Bonchev–Trinajstić information content (AvgIpc) is 2.39. The summed E-state index contributed by atoms with van der Waals surface area (Å²) >= 11 is 0. The van der Waals surface area contributed by atoms with Crippen LogP contribution in [-0.2, 0) is 4.74 Å². The van der Waals surface area contributed by atoms with Crippen LogP contribution in [0.1, 0.15) is 25.5 Å². The molecular formula is C15H20N2O. The number of rotatable bonds is 5. The van der Waals surface area contributed by atoms with E-state index in [1.807, 2.05) is 19.4 Å². The number of fused-ring (bicyclic) bond motifs is 1. The molecule has 0 amide bonds. The van der Waals surface area contributed by atoms with E-state index in [0.29, 0.717) is 6.61 Å². The first-order chi connectivity index (χ1) is 8.72. The van der Waals surface area contributed by atoms with Gasteiger partial charge in [-0.2, -0.15) is 0 Å². The molecule has 0 aliphatic carbocycles. The van der Waals surface area contributed by atoms with Crippen molar-refractivity contribution < 1.29 is 4.74 Å². The maximum Gasteiger partial charge on any atom is 0.0665 e. The smallest absolute Gasteiger partial charge is 0.0665 e. The van der Waals surface area contributed by atoms with E-state index < -0.39 is 0 Å². The zero-order chi connectivity index (χ0) is 13.0. The topological polar surface area (TPSA) is 34.1 Å². The highest BCUT2D eigenvalue weighted by Crippen LogP contribution is 2.23. The van der Waals surface area contributed by atoms with Gasteiger partial charge < -0.3 is 10.1 Å². The normalized spacial score (nSPS) is 13.1. The first kappa shape index (κ1) is 13.0. The standard InChI is InChI=1S/C15H20N2O/c1-11(2)18-10-15(16-3)14-6-4-5-12-9-17-8-7-13(12)14/h4-9,11,15-16H,10H2,1-3H3. The van der Waals surface area contributed by atoms with Crippen LogP contribution in [0.2, 0.25) is 0 Å². The molecule has 1 heterocycles. The summed E-state index contributed by atoms with van der Waals surface area (Å²) in [6, 6.07) is 8.57. The Labute approximate surface area is 108 Å². The van der Waals surface area contributed by atoms with Crippen LogP contribution in [0.4, 0.5) is 0 Å². The summed E-state index contributed by atoms with van der Waals surface area (Å²) in [5.74, 6) is 0. The predicted molar refractivity (Wildman–Crippen MR) is 74.6 cm³/mol. The molecule has 1 aromatic carbocycles. The van der Waals surface area contributed by atoms with Crippen LogP contribution in [0.5, 0.6) is 0 Å². The summed E-state index contributed by atoms with van der Waals surface area (Å²) in [6.07, 6.45) is 3.98. The Bertz CT molecular complexity index is 505. The molecular weight excluding hydrogens is 224 g/mol. The fourth-order valence-corrected chi connectivity index (χ4v) is 2.07. The van der Waals surface area contributed by atoms with Crippen molar-refractivity contribution >= 4 is 10.8 Å². The minimum Gasteiger partial charge on any atom is -0.377 e. The van der Waals surface area contributed by atoms with Crippen molar-refractivity contribution in [3.8, 4) is 0 Å². The molecule has 3 heteroatoms. The van der Waals surface area contributed by atoms with Gasteiger partial charge in [-0.05, 0) is 37.9 Å². The number of ether oxygens (including phenoxy) is 1. The fraction of sp³-hybridized carbons (Fsp3) is 0.400. The van der Waals surface area contributed by atoms with Gasteiger partial charge in [0, 0.05) is 17.8 Å². The second kappa shape index (κ2) is 5.94. The van der Waals surface area contributed by atoms with Gasteiger partial charge in [0.25, 0.3) is 0 Å². The van der Waals surface area contributed by atoms with Crippen LogP contribution < -0.4 is 5.32 Å². The second-order valence-electron chi connectivity index (χ2n) is 4.67. The van der Waals surface area contributed by atoms with Gasteiger partial charge in [-0.1, -0.05) is 18.2 Å². The number of aromatic nitrogens is 1. The molecule has 1 N–H and O–H groups in total. The molecule has 1 aromatic heterocycles. The van der Waals surface area contributed by atoms with Gasteiger partial charge in [-0.25, -0.2) is 0 Å². The van der Waals surface area contributed by atoms with Crippen LogP contribution >= 0.6 is 0 Å². The summed E-state index contributed by atoms with van der Waals surface area (Å²) in [5.41, 5.74) is 1.26. The number of pyridine rings is 1. The first-order valence-corrected chi connectivity index (χ1v) is 6.34. The van der Waals surface area contributed by atoms with E-state index in [9.17, 15) is 0 Å². The Morgan fingerprint density at radius 3 is 2.83 bits per heavy atom. The van der Waals surface area contributed by atoms with Crippen LogP contribution in [0.15, 0.2) is 36.7 Å². The lowest BCUT2D eigenvalue weighted by molar-refractivity contribution is 0.0629. The van der Waals surface area contributed by atoms with Crippen molar-refractivity contribution in [1.82, 2.24) is 10.3 Å². The average molecular weight is 244 g/mol. The number of nitrogens with zero attached hydrogens (tertiary/aromatic N) is 1. The number of likely N-dealkylation sites (N-methyl/N-ethyl adjacent to an activating group) is 1. The lowest BCUT2D eigenvalue weighted by Gasteiger charge is -2.20. The molecule has 2 rings (SSSR count). The highest BCUT2D eigenvalue weighted by Gasteiger charge is 2.13. The van der Waals surface area contributed by atoms with Gasteiger partial charge in [0.1, 0.15) is 0 Å². The molecule has 0 fully saturated rings. The van der Waals surface area contributed by atoms with Crippen molar-refractivity contribution in [1.29, 1.82) is 0 Å². The van der Waals surface area contributed by atoms with Crippen LogP contribution in [-0.4, -0.2) is 24.7 Å². The number of nitrogens with one attached hydrogen (secondary N) is 1. The number of benzene rings is 1. The number of hydrogen-bond acceptors (Lipinski definition) is 3. The first-order valence-electron chi connectivity index (χ1n) is 6.34. The Kier molecular flexibility index (Phi) is 4.28. The van der Waals surface area contributed by atoms with E-state index >= 15 is 0 Å². The molecule has 3 nitrogen and oxygen atoms in total. The minimum atomic E-state index is 0.207. The third kappa shape index (κ3) is 2.86. The molecule has 0 aliphatic rings. The maximum atomic E-state index is 5.72. The van der Waals surface area contributed by atoms with Crippen LogP contribution in [0.3, 0.4) is 0 Å². The van der Waals surface area contributed by atoms with E-state index in [4.69, 9.17) is 4.74 Å². The fourth-order valence-electron chi connectivity index (χ4n) is 2.07. The van der Waals surface area contributed by atoms with E-state index in [0.717, 1.165) is 0 Å². The molecule has 2 aromatic rings. The molecule has 18 heavy (non-hydrogen) atoms. The Hall–Kier alpha value is -1.45. The largest absolute Gasteiger partial charge is 0.377 e. The van der Waals surface area contributed by atoms with E-state index in [1.54, 1.807) is 0 Å². The quantitative estimate of drug-likeness (QED) is 0.878. The van der Waals surface area contributed by atoms with Crippen molar-refractivity contribution in [2.24, 2.45) is 0 Å². The van der Waals surface area contributed by atoms with E-state index in [1.165, 1.54) is 16.3 Å².